The molecule has 7 heteroatoms. The van der Waals surface area contributed by atoms with Gasteiger partial charge < -0.3 is 11.1 Å². The molecule has 2 heterocycles. The second-order valence-corrected chi connectivity index (χ2v) is 4.39. The number of carbonyl (C=O) groups is 1. The van der Waals surface area contributed by atoms with Crippen molar-refractivity contribution in [2.24, 2.45) is 5.73 Å². The van der Waals surface area contributed by atoms with Crippen LogP contribution in [0.15, 0.2) is 24.8 Å². The normalized spacial score (nSPS) is 12.3. The van der Waals surface area contributed by atoms with E-state index in [1.807, 2.05) is 30.9 Å². The van der Waals surface area contributed by atoms with Gasteiger partial charge in [-0.15, -0.1) is 0 Å². The van der Waals surface area contributed by atoms with E-state index >= 15 is 0 Å². The van der Waals surface area contributed by atoms with Gasteiger partial charge in [-0.2, -0.15) is 10.2 Å². The Labute approximate surface area is 111 Å². The van der Waals surface area contributed by atoms with Gasteiger partial charge in [-0.25, -0.2) is 0 Å². The van der Waals surface area contributed by atoms with Crippen LogP contribution in [0.1, 0.15) is 25.5 Å². The lowest BCUT2D eigenvalue weighted by Gasteiger charge is -2.11. The Balaban J connectivity index is 2.00. The van der Waals surface area contributed by atoms with Crippen molar-refractivity contribution in [1.82, 2.24) is 19.6 Å². The number of amides is 1. The molecule has 0 aliphatic heterocycles. The standard InChI is InChI=1S/C12H18N6O/c1-3-17-6-10(4-14-17)9(2)16-11-5-15-18(7-11)8-12(13)19/h4-7,9,16H,3,8H2,1-2H3,(H2,13,19). The molecule has 2 aromatic heterocycles. The van der Waals surface area contributed by atoms with Gasteiger partial charge in [0, 0.05) is 24.5 Å². The van der Waals surface area contributed by atoms with Crippen LogP contribution in [0.4, 0.5) is 5.69 Å². The zero-order valence-electron chi connectivity index (χ0n) is 11.1. The first-order chi connectivity index (χ1) is 9.08. The number of nitrogens with one attached hydrogen (secondary N) is 1. The van der Waals surface area contributed by atoms with E-state index in [1.165, 1.54) is 4.68 Å². The van der Waals surface area contributed by atoms with Crippen LogP contribution < -0.4 is 11.1 Å². The lowest BCUT2D eigenvalue weighted by Crippen LogP contribution is -2.18. The molecule has 102 valence electrons. The van der Waals surface area contributed by atoms with Crippen molar-refractivity contribution in [3.63, 3.8) is 0 Å². The molecular formula is C12H18N6O. The van der Waals surface area contributed by atoms with E-state index in [1.54, 1.807) is 12.4 Å². The summed E-state index contributed by atoms with van der Waals surface area (Å²) in [6, 6.07) is 0.117. The first kappa shape index (κ1) is 13.1. The van der Waals surface area contributed by atoms with Crippen LogP contribution in [0.2, 0.25) is 0 Å². The third kappa shape index (κ3) is 3.34. The van der Waals surface area contributed by atoms with Crippen molar-refractivity contribution < 1.29 is 4.79 Å². The third-order valence-corrected chi connectivity index (χ3v) is 2.81. The Bertz CT molecular complexity index is 558. The topological polar surface area (TPSA) is 90.8 Å². The Morgan fingerprint density at radius 3 is 2.74 bits per heavy atom. The smallest absolute Gasteiger partial charge is 0.239 e. The maximum Gasteiger partial charge on any atom is 0.239 e. The van der Waals surface area contributed by atoms with Crippen molar-refractivity contribution in [2.45, 2.75) is 33.0 Å². The van der Waals surface area contributed by atoms with Crippen LogP contribution in [0.3, 0.4) is 0 Å². The van der Waals surface area contributed by atoms with E-state index in [9.17, 15) is 4.79 Å². The second kappa shape index (κ2) is 5.55. The zero-order chi connectivity index (χ0) is 13.8. The predicted octanol–water partition coefficient (Wildman–Crippen LogP) is 0.758. The highest BCUT2D eigenvalue weighted by molar-refractivity contribution is 5.73. The SMILES string of the molecule is CCn1cc(C(C)Nc2cnn(CC(N)=O)c2)cn1. The molecule has 2 rings (SSSR count). The molecule has 0 aliphatic rings. The number of primary amides is 1. The van der Waals surface area contributed by atoms with Crippen molar-refractivity contribution in [3.05, 3.63) is 30.4 Å². The molecule has 2 aromatic rings. The molecule has 0 fully saturated rings. The Hall–Kier alpha value is -2.31. The summed E-state index contributed by atoms with van der Waals surface area (Å²) in [5, 5.41) is 11.6. The average molecular weight is 262 g/mol. The van der Waals surface area contributed by atoms with E-state index in [2.05, 4.69) is 15.5 Å². The number of nitrogens with two attached hydrogens (primary N) is 1. The molecule has 0 saturated heterocycles. The lowest BCUT2D eigenvalue weighted by molar-refractivity contribution is -0.118. The largest absolute Gasteiger partial charge is 0.376 e. The van der Waals surface area contributed by atoms with Gasteiger partial charge in [0.1, 0.15) is 6.54 Å². The molecule has 0 radical (unpaired) electrons. The molecule has 0 spiro atoms. The quantitative estimate of drug-likeness (QED) is 0.804. The lowest BCUT2D eigenvalue weighted by atomic mass is 10.2. The Morgan fingerprint density at radius 2 is 2.11 bits per heavy atom. The van der Waals surface area contributed by atoms with Gasteiger partial charge in [-0.3, -0.25) is 14.2 Å². The van der Waals surface area contributed by atoms with Crippen LogP contribution in [0.5, 0.6) is 0 Å². The molecule has 1 unspecified atom stereocenters. The Kier molecular flexibility index (Phi) is 3.84. The average Bonchev–Trinajstić information content (AvgIpc) is 2.97. The molecule has 0 aromatic carbocycles. The number of aryl methyl sites for hydroxylation is 1. The van der Waals surface area contributed by atoms with E-state index in [0.29, 0.717) is 0 Å². The van der Waals surface area contributed by atoms with Crippen molar-refractivity contribution >= 4 is 11.6 Å². The highest BCUT2D eigenvalue weighted by Gasteiger charge is 2.09. The summed E-state index contributed by atoms with van der Waals surface area (Å²) in [5.41, 5.74) is 7.06. The molecule has 1 amide bonds. The van der Waals surface area contributed by atoms with Gasteiger partial charge in [0.15, 0.2) is 0 Å². The fourth-order valence-corrected chi connectivity index (χ4v) is 1.79. The molecule has 19 heavy (non-hydrogen) atoms. The number of hydrogen-bond donors (Lipinski definition) is 2. The monoisotopic (exact) mass is 262 g/mol. The molecular weight excluding hydrogens is 244 g/mol. The fraction of sp³-hybridized carbons (Fsp3) is 0.417. The number of rotatable bonds is 6. The predicted molar refractivity (Wildman–Crippen MR) is 71.4 cm³/mol. The van der Waals surface area contributed by atoms with Gasteiger partial charge >= 0.3 is 0 Å². The van der Waals surface area contributed by atoms with Crippen LogP contribution in [0.25, 0.3) is 0 Å². The van der Waals surface area contributed by atoms with Crippen molar-refractivity contribution in [2.75, 3.05) is 5.32 Å². The van der Waals surface area contributed by atoms with E-state index in [4.69, 9.17) is 5.73 Å². The number of carbonyl (C=O) groups excluding carboxylic acids is 1. The molecule has 1 atom stereocenters. The van der Waals surface area contributed by atoms with Crippen LogP contribution >= 0.6 is 0 Å². The first-order valence-electron chi connectivity index (χ1n) is 6.18. The van der Waals surface area contributed by atoms with Gasteiger partial charge in [0.25, 0.3) is 0 Å². The number of anilines is 1. The third-order valence-electron chi connectivity index (χ3n) is 2.81. The Morgan fingerprint density at radius 1 is 1.37 bits per heavy atom. The minimum atomic E-state index is -0.410. The van der Waals surface area contributed by atoms with Crippen molar-refractivity contribution in [3.8, 4) is 0 Å². The highest BCUT2D eigenvalue weighted by Crippen LogP contribution is 2.17. The van der Waals surface area contributed by atoms with Crippen LogP contribution in [-0.4, -0.2) is 25.5 Å². The number of aromatic nitrogens is 4. The van der Waals surface area contributed by atoms with E-state index in [0.717, 1.165) is 17.8 Å². The summed E-state index contributed by atoms with van der Waals surface area (Å²) in [5.74, 6) is -0.410. The number of nitrogens with zero attached hydrogens (tertiary/aromatic N) is 4. The first-order valence-corrected chi connectivity index (χ1v) is 6.18. The fourth-order valence-electron chi connectivity index (χ4n) is 1.79. The summed E-state index contributed by atoms with van der Waals surface area (Å²) in [6.07, 6.45) is 7.27. The van der Waals surface area contributed by atoms with Crippen LogP contribution in [-0.2, 0) is 17.9 Å². The molecule has 3 N–H and O–H groups in total. The van der Waals surface area contributed by atoms with E-state index < -0.39 is 5.91 Å². The molecule has 7 nitrogen and oxygen atoms in total. The zero-order valence-corrected chi connectivity index (χ0v) is 11.1. The van der Waals surface area contributed by atoms with Crippen LogP contribution in [0, 0.1) is 0 Å². The molecule has 0 aliphatic carbocycles. The van der Waals surface area contributed by atoms with Gasteiger partial charge in [0.05, 0.1) is 24.1 Å². The van der Waals surface area contributed by atoms with E-state index in [-0.39, 0.29) is 12.6 Å². The summed E-state index contributed by atoms with van der Waals surface area (Å²) in [7, 11) is 0. The van der Waals surface area contributed by atoms with Gasteiger partial charge in [0.2, 0.25) is 5.91 Å². The summed E-state index contributed by atoms with van der Waals surface area (Å²) >= 11 is 0. The maximum absolute atomic E-state index is 10.8. The number of hydrogen-bond acceptors (Lipinski definition) is 4. The summed E-state index contributed by atoms with van der Waals surface area (Å²) < 4.78 is 3.39. The van der Waals surface area contributed by atoms with Crippen molar-refractivity contribution in [1.29, 1.82) is 0 Å². The van der Waals surface area contributed by atoms with Gasteiger partial charge in [-0.1, -0.05) is 0 Å². The maximum atomic E-state index is 10.8. The summed E-state index contributed by atoms with van der Waals surface area (Å²) in [4.78, 5) is 10.8. The molecule has 0 bridgehead atoms. The minimum Gasteiger partial charge on any atom is -0.376 e. The van der Waals surface area contributed by atoms with Gasteiger partial charge in [-0.05, 0) is 13.8 Å². The summed E-state index contributed by atoms with van der Waals surface area (Å²) in [6.45, 7) is 5.03. The minimum absolute atomic E-state index is 0.0871. The highest BCUT2D eigenvalue weighted by atomic mass is 16.1. The second-order valence-electron chi connectivity index (χ2n) is 4.39. The molecule has 0 saturated carbocycles.